The van der Waals surface area contributed by atoms with Crippen LogP contribution in [0.5, 0.6) is 0 Å². The number of nitrogens with zero attached hydrogens (tertiary/aromatic N) is 3. The molecule has 114 valence electrons. The SMILES string of the molecule is O=C(O)C1CCN(C(=O)c2ccccc2Cn2cccn2)C1. The van der Waals surface area contributed by atoms with Gasteiger partial charge in [-0.2, -0.15) is 5.10 Å². The first kappa shape index (κ1) is 14.3. The number of hydrogen-bond acceptors (Lipinski definition) is 3. The van der Waals surface area contributed by atoms with E-state index >= 15 is 0 Å². The second-order valence-electron chi connectivity index (χ2n) is 5.44. The Kier molecular flexibility index (Phi) is 3.91. The highest BCUT2D eigenvalue weighted by Gasteiger charge is 2.31. The molecule has 2 heterocycles. The summed E-state index contributed by atoms with van der Waals surface area (Å²) in [6.45, 7) is 1.29. The average Bonchev–Trinajstić information content (AvgIpc) is 3.18. The summed E-state index contributed by atoms with van der Waals surface area (Å²) in [5.74, 6) is -1.39. The van der Waals surface area contributed by atoms with Crippen molar-refractivity contribution in [1.82, 2.24) is 14.7 Å². The Morgan fingerprint density at radius 2 is 2.09 bits per heavy atom. The molecule has 1 aliphatic heterocycles. The van der Waals surface area contributed by atoms with Gasteiger partial charge in [0.15, 0.2) is 0 Å². The first-order valence-electron chi connectivity index (χ1n) is 7.22. The highest BCUT2D eigenvalue weighted by atomic mass is 16.4. The van der Waals surface area contributed by atoms with E-state index in [9.17, 15) is 9.59 Å². The van der Waals surface area contributed by atoms with Crippen LogP contribution in [0.4, 0.5) is 0 Å². The number of hydrogen-bond donors (Lipinski definition) is 1. The molecular formula is C16H17N3O3. The maximum Gasteiger partial charge on any atom is 0.308 e. The molecule has 1 atom stereocenters. The number of carboxylic acid groups (broad SMARTS) is 1. The van der Waals surface area contributed by atoms with Gasteiger partial charge in [-0.3, -0.25) is 14.3 Å². The number of amides is 1. The summed E-state index contributed by atoms with van der Waals surface area (Å²) >= 11 is 0. The molecule has 1 amide bonds. The van der Waals surface area contributed by atoms with E-state index in [1.165, 1.54) is 0 Å². The number of likely N-dealkylation sites (tertiary alicyclic amines) is 1. The van der Waals surface area contributed by atoms with Crippen LogP contribution in [0, 0.1) is 5.92 Å². The van der Waals surface area contributed by atoms with Crippen molar-refractivity contribution in [2.45, 2.75) is 13.0 Å². The van der Waals surface area contributed by atoms with Crippen LogP contribution in [0.15, 0.2) is 42.7 Å². The van der Waals surface area contributed by atoms with Crippen LogP contribution in [-0.2, 0) is 11.3 Å². The van der Waals surface area contributed by atoms with E-state index in [4.69, 9.17) is 5.11 Å². The summed E-state index contributed by atoms with van der Waals surface area (Å²) < 4.78 is 1.76. The quantitative estimate of drug-likeness (QED) is 0.928. The Morgan fingerprint density at radius 3 is 2.77 bits per heavy atom. The predicted octanol–water partition coefficient (Wildman–Crippen LogP) is 1.48. The van der Waals surface area contributed by atoms with Crippen molar-refractivity contribution >= 4 is 11.9 Å². The van der Waals surface area contributed by atoms with Gasteiger partial charge in [0, 0.05) is 31.0 Å². The third-order valence-corrected chi connectivity index (χ3v) is 3.96. The molecule has 1 fully saturated rings. The Morgan fingerprint density at radius 1 is 1.27 bits per heavy atom. The van der Waals surface area contributed by atoms with Crippen LogP contribution in [0.1, 0.15) is 22.3 Å². The summed E-state index contributed by atoms with van der Waals surface area (Å²) in [7, 11) is 0. The van der Waals surface area contributed by atoms with Crippen molar-refractivity contribution in [2.75, 3.05) is 13.1 Å². The average molecular weight is 299 g/mol. The maximum atomic E-state index is 12.7. The lowest BCUT2D eigenvalue weighted by atomic mass is 10.1. The van der Waals surface area contributed by atoms with Gasteiger partial charge < -0.3 is 10.0 Å². The van der Waals surface area contributed by atoms with E-state index < -0.39 is 11.9 Å². The maximum absolute atomic E-state index is 12.7. The molecular weight excluding hydrogens is 282 g/mol. The van der Waals surface area contributed by atoms with Crippen molar-refractivity contribution in [2.24, 2.45) is 5.92 Å². The van der Waals surface area contributed by atoms with Crippen LogP contribution in [0.2, 0.25) is 0 Å². The lowest BCUT2D eigenvalue weighted by molar-refractivity contribution is -0.141. The molecule has 1 aromatic heterocycles. The summed E-state index contributed by atoms with van der Waals surface area (Å²) in [5, 5.41) is 13.2. The van der Waals surface area contributed by atoms with Gasteiger partial charge in [-0.05, 0) is 24.1 Å². The number of benzene rings is 1. The minimum absolute atomic E-state index is 0.105. The molecule has 0 bridgehead atoms. The molecule has 22 heavy (non-hydrogen) atoms. The number of aliphatic carboxylic acids is 1. The molecule has 6 heteroatoms. The van der Waals surface area contributed by atoms with E-state index in [0.717, 1.165) is 5.56 Å². The van der Waals surface area contributed by atoms with E-state index in [1.54, 1.807) is 21.8 Å². The van der Waals surface area contributed by atoms with Gasteiger partial charge in [0.2, 0.25) is 0 Å². The number of carbonyl (C=O) groups is 2. The standard InChI is InChI=1S/C16H17N3O3/c20-15(18-9-6-13(10-18)16(21)22)14-5-2-1-4-12(14)11-19-8-3-7-17-19/h1-5,7-8,13H,6,9-11H2,(H,21,22). The van der Waals surface area contributed by atoms with Gasteiger partial charge in [0.1, 0.15) is 0 Å². The zero-order valence-corrected chi connectivity index (χ0v) is 12.1. The van der Waals surface area contributed by atoms with Crippen LogP contribution in [0.3, 0.4) is 0 Å². The zero-order chi connectivity index (χ0) is 15.5. The molecule has 1 aliphatic rings. The minimum Gasteiger partial charge on any atom is -0.481 e. The van der Waals surface area contributed by atoms with E-state index in [1.807, 2.05) is 30.5 Å². The van der Waals surface area contributed by atoms with Gasteiger partial charge in [0.05, 0.1) is 12.5 Å². The molecule has 1 unspecified atom stereocenters. The highest BCUT2D eigenvalue weighted by Crippen LogP contribution is 2.21. The fraction of sp³-hybridized carbons (Fsp3) is 0.312. The normalized spacial score (nSPS) is 17.6. The van der Waals surface area contributed by atoms with Gasteiger partial charge in [-0.1, -0.05) is 18.2 Å². The van der Waals surface area contributed by atoms with Gasteiger partial charge in [-0.15, -0.1) is 0 Å². The van der Waals surface area contributed by atoms with Gasteiger partial charge >= 0.3 is 5.97 Å². The number of carbonyl (C=O) groups excluding carboxylic acids is 1. The number of aromatic nitrogens is 2. The van der Waals surface area contributed by atoms with Crippen molar-refractivity contribution in [3.8, 4) is 0 Å². The minimum atomic E-state index is -0.833. The van der Waals surface area contributed by atoms with Crippen LogP contribution >= 0.6 is 0 Å². The van der Waals surface area contributed by atoms with Crippen molar-refractivity contribution in [3.63, 3.8) is 0 Å². The first-order valence-corrected chi connectivity index (χ1v) is 7.22. The summed E-state index contributed by atoms with van der Waals surface area (Å²) in [6.07, 6.45) is 4.06. The van der Waals surface area contributed by atoms with Gasteiger partial charge in [-0.25, -0.2) is 0 Å². The topological polar surface area (TPSA) is 75.4 Å². The summed E-state index contributed by atoms with van der Waals surface area (Å²) in [6, 6.07) is 9.24. The Hall–Kier alpha value is -2.63. The molecule has 1 aromatic carbocycles. The lowest BCUT2D eigenvalue weighted by Gasteiger charge is -2.18. The third-order valence-electron chi connectivity index (χ3n) is 3.96. The molecule has 1 saturated heterocycles. The number of rotatable bonds is 4. The molecule has 3 rings (SSSR count). The van der Waals surface area contributed by atoms with Gasteiger partial charge in [0.25, 0.3) is 5.91 Å². The van der Waals surface area contributed by atoms with E-state index in [0.29, 0.717) is 25.1 Å². The molecule has 0 saturated carbocycles. The predicted molar refractivity (Wildman–Crippen MR) is 79.4 cm³/mol. The van der Waals surface area contributed by atoms with Crippen LogP contribution < -0.4 is 0 Å². The zero-order valence-electron chi connectivity index (χ0n) is 12.1. The lowest BCUT2D eigenvalue weighted by Crippen LogP contribution is -2.30. The van der Waals surface area contributed by atoms with Crippen molar-refractivity contribution < 1.29 is 14.7 Å². The Balaban J connectivity index is 1.80. The molecule has 6 nitrogen and oxygen atoms in total. The number of carboxylic acids is 1. The Bertz CT molecular complexity index is 682. The second-order valence-corrected chi connectivity index (χ2v) is 5.44. The summed E-state index contributed by atoms with van der Waals surface area (Å²) in [4.78, 5) is 25.3. The third kappa shape index (κ3) is 2.86. The van der Waals surface area contributed by atoms with E-state index in [-0.39, 0.29) is 12.5 Å². The second kappa shape index (κ2) is 6.01. The molecule has 0 spiro atoms. The van der Waals surface area contributed by atoms with Crippen molar-refractivity contribution in [3.05, 3.63) is 53.9 Å². The Labute approximate surface area is 128 Å². The monoisotopic (exact) mass is 299 g/mol. The largest absolute Gasteiger partial charge is 0.481 e. The smallest absolute Gasteiger partial charge is 0.308 e. The van der Waals surface area contributed by atoms with E-state index in [2.05, 4.69) is 5.10 Å². The molecule has 0 radical (unpaired) electrons. The molecule has 2 aromatic rings. The van der Waals surface area contributed by atoms with Crippen LogP contribution in [0.25, 0.3) is 0 Å². The fourth-order valence-electron chi connectivity index (χ4n) is 2.75. The van der Waals surface area contributed by atoms with Crippen molar-refractivity contribution in [1.29, 1.82) is 0 Å². The van der Waals surface area contributed by atoms with Crippen LogP contribution in [-0.4, -0.2) is 44.8 Å². The molecule has 0 aliphatic carbocycles. The first-order chi connectivity index (χ1) is 10.6. The highest BCUT2D eigenvalue weighted by molar-refractivity contribution is 5.96. The summed E-state index contributed by atoms with van der Waals surface area (Å²) in [5.41, 5.74) is 1.50. The molecule has 1 N–H and O–H groups in total. The fourth-order valence-corrected chi connectivity index (χ4v) is 2.75.